The standard InChI is InChI=1S/C14H27N3O4S/c1-15-7-8-16-14(21)11(10-13(19)20)17(2)12(18)6-4-3-5-9-22/h11,15,22H,3-10H2,1-2H3,(H,16,21)(H,19,20). The number of rotatable bonds is 12. The molecule has 7 nitrogen and oxygen atoms in total. The highest BCUT2D eigenvalue weighted by Gasteiger charge is 2.28. The molecule has 128 valence electrons. The summed E-state index contributed by atoms with van der Waals surface area (Å²) in [4.78, 5) is 36.3. The number of nitrogens with zero attached hydrogens (tertiary/aromatic N) is 1. The van der Waals surface area contributed by atoms with Crippen molar-refractivity contribution >= 4 is 30.4 Å². The summed E-state index contributed by atoms with van der Waals surface area (Å²) in [6.07, 6.45) is 2.45. The predicted octanol–water partition coefficient (Wildman–Crippen LogP) is 0.114. The summed E-state index contributed by atoms with van der Waals surface area (Å²) < 4.78 is 0. The van der Waals surface area contributed by atoms with Crippen molar-refractivity contribution in [3.8, 4) is 0 Å². The normalized spacial score (nSPS) is 11.8. The molecular weight excluding hydrogens is 306 g/mol. The van der Waals surface area contributed by atoms with Crippen LogP contribution < -0.4 is 10.6 Å². The van der Waals surface area contributed by atoms with Gasteiger partial charge in [-0.05, 0) is 25.6 Å². The fraction of sp³-hybridized carbons (Fsp3) is 0.786. The van der Waals surface area contributed by atoms with E-state index >= 15 is 0 Å². The van der Waals surface area contributed by atoms with Gasteiger partial charge in [0.1, 0.15) is 6.04 Å². The molecule has 0 saturated heterocycles. The number of carbonyl (C=O) groups is 3. The Kier molecular flexibility index (Phi) is 11.6. The Morgan fingerprint density at radius 3 is 2.41 bits per heavy atom. The Balaban J connectivity index is 4.54. The van der Waals surface area contributed by atoms with Crippen LogP contribution in [0.2, 0.25) is 0 Å². The summed E-state index contributed by atoms with van der Waals surface area (Å²) in [6, 6.07) is -0.980. The van der Waals surface area contributed by atoms with Crippen molar-refractivity contribution in [2.45, 2.75) is 38.1 Å². The molecule has 1 unspecified atom stereocenters. The lowest BCUT2D eigenvalue weighted by Gasteiger charge is -2.26. The van der Waals surface area contributed by atoms with Gasteiger partial charge in [0.05, 0.1) is 6.42 Å². The summed E-state index contributed by atoms with van der Waals surface area (Å²) >= 11 is 4.10. The van der Waals surface area contributed by atoms with E-state index in [9.17, 15) is 14.4 Å². The van der Waals surface area contributed by atoms with Crippen molar-refractivity contribution in [3.05, 3.63) is 0 Å². The van der Waals surface area contributed by atoms with Gasteiger partial charge in [0.25, 0.3) is 0 Å². The summed E-state index contributed by atoms with van der Waals surface area (Å²) in [5.41, 5.74) is 0. The van der Waals surface area contributed by atoms with Crippen molar-refractivity contribution in [1.82, 2.24) is 15.5 Å². The average Bonchev–Trinajstić information content (AvgIpc) is 2.48. The molecule has 0 aliphatic rings. The first-order valence-corrected chi connectivity index (χ1v) is 8.07. The summed E-state index contributed by atoms with van der Waals surface area (Å²) in [7, 11) is 3.23. The summed E-state index contributed by atoms with van der Waals surface area (Å²) in [6.45, 7) is 0.961. The topological polar surface area (TPSA) is 98.7 Å². The molecule has 8 heteroatoms. The Hall–Kier alpha value is -1.28. The molecular formula is C14H27N3O4S. The van der Waals surface area contributed by atoms with Crippen LogP contribution in [0.5, 0.6) is 0 Å². The van der Waals surface area contributed by atoms with Crippen LogP contribution in [0.3, 0.4) is 0 Å². The fourth-order valence-corrected chi connectivity index (χ4v) is 2.14. The maximum absolute atomic E-state index is 12.1. The molecule has 0 aliphatic carbocycles. The Morgan fingerprint density at radius 2 is 1.86 bits per heavy atom. The highest BCUT2D eigenvalue weighted by Crippen LogP contribution is 2.09. The number of aliphatic carboxylic acids is 1. The van der Waals surface area contributed by atoms with E-state index in [-0.39, 0.29) is 5.91 Å². The lowest BCUT2D eigenvalue weighted by atomic mass is 10.1. The molecule has 0 heterocycles. The third kappa shape index (κ3) is 8.89. The van der Waals surface area contributed by atoms with Crippen LogP contribution in [0.4, 0.5) is 0 Å². The van der Waals surface area contributed by atoms with Gasteiger partial charge in [0.2, 0.25) is 11.8 Å². The number of hydrogen-bond acceptors (Lipinski definition) is 5. The van der Waals surface area contributed by atoms with Crippen LogP contribution in [0.25, 0.3) is 0 Å². The number of thiol groups is 1. The van der Waals surface area contributed by atoms with Crippen LogP contribution in [0.15, 0.2) is 0 Å². The molecule has 3 N–H and O–H groups in total. The number of likely N-dealkylation sites (N-methyl/N-ethyl adjacent to an activating group) is 2. The lowest BCUT2D eigenvalue weighted by Crippen LogP contribution is -2.49. The highest BCUT2D eigenvalue weighted by molar-refractivity contribution is 7.80. The van der Waals surface area contributed by atoms with Crippen LogP contribution in [0, 0.1) is 0 Å². The zero-order valence-electron chi connectivity index (χ0n) is 13.3. The summed E-state index contributed by atoms with van der Waals surface area (Å²) in [5, 5.41) is 14.5. The van der Waals surface area contributed by atoms with Crippen LogP contribution in [0.1, 0.15) is 32.1 Å². The van der Waals surface area contributed by atoms with E-state index < -0.39 is 24.3 Å². The van der Waals surface area contributed by atoms with E-state index in [2.05, 4.69) is 23.3 Å². The van der Waals surface area contributed by atoms with Crippen molar-refractivity contribution in [3.63, 3.8) is 0 Å². The second kappa shape index (κ2) is 12.3. The monoisotopic (exact) mass is 333 g/mol. The molecule has 0 radical (unpaired) electrons. The average molecular weight is 333 g/mol. The zero-order valence-corrected chi connectivity index (χ0v) is 14.2. The van der Waals surface area contributed by atoms with E-state index in [4.69, 9.17) is 5.11 Å². The molecule has 0 aromatic rings. The molecule has 0 bridgehead atoms. The number of carbonyl (C=O) groups excluding carboxylic acids is 2. The van der Waals surface area contributed by atoms with Gasteiger partial charge >= 0.3 is 5.97 Å². The van der Waals surface area contributed by atoms with Gasteiger partial charge in [-0.25, -0.2) is 0 Å². The number of carboxylic acid groups (broad SMARTS) is 1. The fourth-order valence-electron chi connectivity index (χ4n) is 1.91. The molecule has 0 saturated carbocycles. The molecule has 1 atom stereocenters. The van der Waals surface area contributed by atoms with E-state index in [1.165, 1.54) is 11.9 Å². The lowest BCUT2D eigenvalue weighted by molar-refractivity contribution is -0.145. The van der Waals surface area contributed by atoms with Crippen LogP contribution >= 0.6 is 12.6 Å². The largest absolute Gasteiger partial charge is 0.481 e. The minimum absolute atomic E-state index is 0.214. The molecule has 0 fully saturated rings. The third-order valence-corrected chi connectivity index (χ3v) is 3.57. The number of amides is 2. The maximum atomic E-state index is 12.1. The predicted molar refractivity (Wildman–Crippen MR) is 88.1 cm³/mol. The van der Waals surface area contributed by atoms with Crippen molar-refractivity contribution in [2.24, 2.45) is 0 Å². The molecule has 22 heavy (non-hydrogen) atoms. The van der Waals surface area contributed by atoms with Crippen molar-refractivity contribution < 1.29 is 19.5 Å². The second-order valence-electron chi connectivity index (χ2n) is 5.05. The van der Waals surface area contributed by atoms with E-state index in [1.54, 1.807) is 7.05 Å². The highest BCUT2D eigenvalue weighted by atomic mass is 32.1. The summed E-state index contributed by atoms with van der Waals surface area (Å²) in [5.74, 6) is -0.985. The molecule has 2 amide bonds. The van der Waals surface area contributed by atoms with Crippen molar-refractivity contribution in [1.29, 1.82) is 0 Å². The van der Waals surface area contributed by atoms with Gasteiger partial charge in [0, 0.05) is 26.6 Å². The minimum Gasteiger partial charge on any atom is -0.481 e. The van der Waals surface area contributed by atoms with E-state index in [0.29, 0.717) is 25.9 Å². The first-order valence-electron chi connectivity index (χ1n) is 7.44. The number of nitrogens with one attached hydrogen (secondary N) is 2. The van der Waals surface area contributed by atoms with Crippen molar-refractivity contribution in [2.75, 3.05) is 32.9 Å². The van der Waals surface area contributed by atoms with Crippen LogP contribution in [-0.4, -0.2) is 66.8 Å². The Bertz CT molecular complexity index is 366. The smallest absolute Gasteiger partial charge is 0.305 e. The third-order valence-electron chi connectivity index (χ3n) is 3.25. The minimum atomic E-state index is -1.11. The molecule has 0 spiro atoms. The zero-order chi connectivity index (χ0) is 17.0. The van der Waals surface area contributed by atoms with Gasteiger partial charge < -0.3 is 20.6 Å². The Morgan fingerprint density at radius 1 is 1.18 bits per heavy atom. The quantitative estimate of drug-likeness (QED) is 0.300. The molecule has 0 aliphatic heterocycles. The number of hydrogen-bond donors (Lipinski definition) is 4. The SMILES string of the molecule is CNCCNC(=O)C(CC(=O)O)N(C)C(=O)CCCCCS. The first kappa shape index (κ1) is 20.7. The number of unbranched alkanes of at least 4 members (excludes halogenated alkanes) is 2. The second-order valence-corrected chi connectivity index (χ2v) is 5.49. The van der Waals surface area contributed by atoms with Gasteiger partial charge in [-0.1, -0.05) is 6.42 Å². The van der Waals surface area contributed by atoms with Gasteiger partial charge in [-0.3, -0.25) is 14.4 Å². The molecule has 0 rings (SSSR count). The van der Waals surface area contributed by atoms with Gasteiger partial charge in [-0.2, -0.15) is 12.6 Å². The molecule has 0 aromatic carbocycles. The van der Waals surface area contributed by atoms with Crippen LogP contribution in [-0.2, 0) is 14.4 Å². The Labute approximate surface area is 137 Å². The first-order chi connectivity index (χ1) is 10.4. The maximum Gasteiger partial charge on any atom is 0.305 e. The number of carboxylic acids is 1. The van der Waals surface area contributed by atoms with Gasteiger partial charge in [0.15, 0.2) is 0 Å². The van der Waals surface area contributed by atoms with E-state index in [1.807, 2.05) is 0 Å². The van der Waals surface area contributed by atoms with Gasteiger partial charge in [-0.15, -0.1) is 0 Å². The molecule has 0 aromatic heterocycles. The van der Waals surface area contributed by atoms with E-state index in [0.717, 1.165) is 18.6 Å².